The molecule has 11 heteroatoms. The largest absolute Gasteiger partial charge is 0.384 e. The Hall–Kier alpha value is -4.06. The van der Waals surface area contributed by atoms with Crippen LogP contribution in [0.5, 0.6) is 0 Å². The van der Waals surface area contributed by atoms with E-state index in [0.717, 1.165) is 27.1 Å². The first-order valence-electron chi connectivity index (χ1n) is 13.4. The predicted molar refractivity (Wildman–Crippen MR) is 156 cm³/mol. The number of carbonyl (C=O) groups is 3. The minimum absolute atomic E-state index is 0.0387. The van der Waals surface area contributed by atoms with E-state index >= 15 is 0 Å². The summed E-state index contributed by atoms with van der Waals surface area (Å²) in [7, 11) is 0. The van der Waals surface area contributed by atoms with E-state index in [-0.39, 0.29) is 43.7 Å². The molecular weight excluding hydrogens is 542 g/mol. The highest BCUT2D eigenvalue weighted by atomic mass is 32.1. The first-order chi connectivity index (χ1) is 19.7. The number of carbonyl (C=O) groups excluding carboxylic acids is 3. The molecule has 2 aliphatic rings. The lowest BCUT2D eigenvalue weighted by Gasteiger charge is -2.24. The van der Waals surface area contributed by atoms with Crippen LogP contribution in [0.25, 0.3) is 11.1 Å². The van der Waals surface area contributed by atoms with Crippen LogP contribution in [0, 0.1) is 19.3 Å². The first kappa shape index (κ1) is 28.5. The second-order valence-electron chi connectivity index (χ2n) is 10.3. The maximum absolute atomic E-state index is 13.3. The first-order valence-corrected chi connectivity index (χ1v) is 14.3. The van der Waals surface area contributed by atoms with E-state index in [2.05, 4.69) is 36.6 Å². The maximum atomic E-state index is 13.3. The minimum Gasteiger partial charge on any atom is -0.384 e. The normalized spacial score (nSPS) is 17.5. The number of amidine groups is 1. The maximum Gasteiger partial charge on any atom is 0.251 e. The molecule has 0 radical (unpaired) electrons. The molecule has 214 valence electrons. The highest BCUT2D eigenvalue weighted by Gasteiger charge is 2.52. The summed E-state index contributed by atoms with van der Waals surface area (Å²) in [5.41, 5.74) is 11.0. The minimum atomic E-state index is -1.03. The molecule has 0 unspecified atom stereocenters. The number of nitrogens with zero attached hydrogens (tertiary/aromatic N) is 1. The van der Waals surface area contributed by atoms with Gasteiger partial charge in [0.1, 0.15) is 11.9 Å². The number of hydrogen-bond acceptors (Lipinski definition) is 7. The van der Waals surface area contributed by atoms with Gasteiger partial charge in [0.25, 0.3) is 5.91 Å². The number of ether oxygens (including phenoxy) is 2. The molecule has 1 atom stereocenters. The molecule has 1 spiro atoms. The average Bonchev–Trinajstić information content (AvgIpc) is 3.71. The van der Waals surface area contributed by atoms with Crippen molar-refractivity contribution in [2.24, 2.45) is 5.73 Å². The number of hydrogen-bond donors (Lipinski definition) is 4. The van der Waals surface area contributed by atoms with Gasteiger partial charge in [0, 0.05) is 27.8 Å². The predicted octanol–water partition coefficient (Wildman–Crippen LogP) is 2.71. The van der Waals surface area contributed by atoms with Gasteiger partial charge in [-0.3, -0.25) is 19.8 Å². The number of nitrogen functional groups attached to an aromatic ring is 1. The molecule has 0 saturated carbocycles. The van der Waals surface area contributed by atoms with E-state index in [4.69, 9.17) is 20.6 Å². The van der Waals surface area contributed by atoms with Gasteiger partial charge >= 0.3 is 0 Å². The van der Waals surface area contributed by atoms with Crippen molar-refractivity contribution < 1.29 is 23.9 Å². The van der Waals surface area contributed by atoms with Gasteiger partial charge in [0.15, 0.2) is 5.79 Å². The molecule has 5 rings (SSSR count). The summed E-state index contributed by atoms with van der Waals surface area (Å²) in [6, 6.07) is 14.3. The number of nitrogens with two attached hydrogens (primary N) is 1. The van der Waals surface area contributed by atoms with Crippen LogP contribution < -0.4 is 16.4 Å². The van der Waals surface area contributed by atoms with Crippen LogP contribution in [0.4, 0.5) is 0 Å². The van der Waals surface area contributed by atoms with Crippen molar-refractivity contribution in [2.75, 3.05) is 26.3 Å². The third kappa shape index (κ3) is 6.17. The second kappa shape index (κ2) is 11.8. The Morgan fingerprint density at radius 3 is 2.37 bits per heavy atom. The molecule has 3 amide bonds. The number of likely N-dealkylation sites (tertiary alicyclic amines) is 1. The van der Waals surface area contributed by atoms with Crippen LogP contribution in [0.3, 0.4) is 0 Å². The van der Waals surface area contributed by atoms with Crippen molar-refractivity contribution in [2.45, 2.75) is 38.6 Å². The quantitative estimate of drug-likeness (QED) is 0.240. The lowest BCUT2D eigenvalue weighted by atomic mass is 9.95. The monoisotopic (exact) mass is 575 g/mol. The van der Waals surface area contributed by atoms with Crippen LogP contribution >= 0.6 is 11.3 Å². The molecule has 3 heterocycles. The Bertz CT molecular complexity index is 1460. The fourth-order valence-electron chi connectivity index (χ4n) is 5.37. The van der Waals surface area contributed by atoms with Crippen LogP contribution in [-0.2, 0) is 25.6 Å². The van der Waals surface area contributed by atoms with Crippen LogP contribution in [-0.4, -0.2) is 66.6 Å². The lowest BCUT2D eigenvalue weighted by molar-refractivity contribution is -0.152. The van der Waals surface area contributed by atoms with Gasteiger partial charge in [-0.25, -0.2) is 0 Å². The number of nitrogens with one attached hydrogen (secondary N) is 3. The highest BCUT2D eigenvalue weighted by molar-refractivity contribution is 7.10. The lowest BCUT2D eigenvalue weighted by Crippen LogP contribution is -2.49. The summed E-state index contributed by atoms with van der Waals surface area (Å²) in [4.78, 5) is 41.6. The van der Waals surface area contributed by atoms with Gasteiger partial charge in [0.05, 0.1) is 32.8 Å². The zero-order chi connectivity index (χ0) is 29.1. The number of thiophene rings is 1. The summed E-state index contributed by atoms with van der Waals surface area (Å²) in [5.74, 6) is -2.20. The Morgan fingerprint density at radius 2 is 1.73 bits per heavy atom. The molecule has 3 aromatic rings. The van der Waals surface area contributed by atoms with Crippen molar-refractivity contribution >= 4 is 34.9 Å². The van der Waals surface area contributed by atoms with Crippen molar-refractivity contribution in [1.29, 1.82) is 5.41 Å². The van der Waals surface area contributed by atoms with Gasteiger partial charge in [-0.05, 0) is 54.3 Å². The van der Waals surface area contributed by atoms with E-state index < -0.39 is 17.7 Å². The second-order valence-corrected chi connectivity index (χ2v) is 11.3. The van der Waals surface area contributed by atoms with Crippen molar-refractivity contribution in [3.05, 3.63) is 81.0 Å². The number of amides is 3. The molecular formula is C30H33N5O5S. The molecule has 1 aromatic heterocycles. The molecule has 2 fully saturated rings. The standard InChI is InChI=1S/C30H33N5O5S/c1-18-4-3-5-19(2)26(18)20-6-8-21(9-7-20)28(37)34-15-25(36)35-17-30(39-10-11-40-30)13-24(35)29(38)33-14-23-12-22(16-41-23)27(31)32/h3-9,12,16,24H,10-11,13-15,17H2,1-2H3,(H3,31,32)(H,33,38)(H,34,37)/t24-/m0/s1. The molecule has 0 aliphatic carbocycles. The summed E-state index contributed by atoms with van der Waals surface area (Å²) in [6.45, 7) is 4.93. The molecule has 5 N–H and O–H groups in total. The third-order valence-corrected chi connectivity index (χ3v) is 8.38. The zero-order valence-corrected chi connectivity index (χ0v) is 23.8. The molecule has 2 aliphatic heterocycles. The van der Waals surface area contributed by atoms with Crippen molar-refractivity contribution in [3.8, 4) is 11.1 Å². The molecule has 0 bridgehead atoms. The zero-order valence-electron chi connectivity index (χ0n) is 23.0. The van der Waals surface area contributed by atoms with Crippen molar-refractivity contribution in [1.82, 2.24) is 15.5 Å². The Labute approximate surface area is 242 Å². The van der Waals surface area contributed by atoms with Gasteiger partial charge in [0.2, 0.25) is 11.8 Å². The van der Waals surface area contributed by atoms with Gasteiger partial charge in [-0.2, -0.15) is 0 Å². The smallest absolute Gasteiger partial charge is 0.251 e. The molecule has 2 aromatic carbocycles. The molecule has 41 heavy (non-hydrogen) atoms. The van der Waals surface area contributed by atoms with E-state index in [1.165, 1.54) is 16.2 Å². The fraction of sp³-hybridized carbons (Fsp3) is 0.333. The average molecular weight is 576 g/mol. The van der Waals surface area contributed by atoms with Crippen LogP contribution in [0.1, 0.15) is 38.3 Å². The van der Waals surface area contributed by atoms with Gasteiger partial charge in [-0.15, -0.1) is 11.3 Å². The number of aryl methyl sites for hydroxylation is 2. The highest BCUT2D eigenvalue weighted by Crippen LogP contribution is 2.35. The SMILES string of the molecule is Cc1cccc(C)c1-c1ccc(C(=O)NCC(=O)N2CC3(C[C@H]2C(=O)NCc2cc(C(=N)N)cs2)OCCO3)cc1. The summed E-state index contributed by atoms with van der Waals surface area (Å²) < 4.78 is 11.6. The Balaban J connectivity index is 1.22. The van der Waals surface area contributed by atoms with E-state index in [0.29, 0.717) is 24.3 Å². The fourth-order valence-corrected chi connectivity index (χ4v) is 6.19. The summed E-state index contributed by atoms with van der Waals surface area (Å²) >= 11 is 1.39. The van der Waals surface area contributed by atoms with E-state index in [1.807, 2.05) is 18.2 Å². The Morgan fingerprint density at radius 1 is 1.05 bits per heavy atom. The van der Waals surface area contributed by atoms with Gasteiger partial charge < -0.3 is 30.7 Å². The van der Waals surface area contributed by atoms with Crippen LogP contribution in [0.2, 0.25) is 0 Å². The third-order valence-electron chi connectivity index (χ3n) is 7.45. The van der Waals surface area contributed by atoms with Crippen molar-refractivity contribution in [3.63, 3.8) is 0 Å². The van der Waals surface area contributed by atoms with Gasteiger partial charge in [-0.1, -0.05) is 30.3 Å². The topological polar surface area (TPSA) is 147 Å². The molecule has 10 nitrogen and oxygen atoms in total. The van der Waals surface area contributed by atoms with E-state index in [1.54, 1.807) is 23.6 Å². The Kier molecular flexibility index (Phi) is 8.20. The number of benzene rings is 2. The summed E-state index contributed by atoms with van der Waals surface area (Å²) in [6.07, 6.45) is 0.196. The van der Waals surface area contributed by atoms with Crippen LogP contribution in [0.15, 0.2) is 53.9 Å². The number of rotatable bonds is 8. The van der Waals surface area contributed by atoms with E-state index in [9.17, 15) is 14.4 Å². The molecule has 2 saturated heterocycles. The summed E-state index contributed by atoms with van der Waals surface area (Å²) in [5, 5.41) is 14.9.